The Kier molecular flexibility index (Phi) is 5.99. The molecule has 0 aromatic heterocycles. The number of carboxylic acid groups (broad SMARTS) is 1. The summed E-state index contributed by atoms with van der Waals surface area (Å²) in [5.74, 6) is -4.03. The largest absolute Gasteiger partial charge is 0.480 e. The van der Waals surface area contributed by atoms with E-state index in [-0.39, 0.29) is 5.84 Å². The maximum Gasteiger partial charge on any atom is 0.327 e. The van der Waals surface area contributed by atoms with Crippen LogP contribution in [0.1, 0.15) is 32.4 Å². The molecule has 166 valence electrons. The first-order valence-electron chi connectivity index (χ1n) is 9.68. The van der Waals surface area contributed by atoms with Gasteiger partial charge in [0.1, 0.15) is 29.3 Å². The average Bonchev–Trinajstić information content (AvgIpc) is 2.97. The predicted molar refractivity (Wildman–Crippen MR) is 114 cm³/mol. The molecule has 0 spiro atoms. The van der Waals surface area contributed by atoms with E-state index in [4.69, 9.17) is 11.1 Å². The van der Waals surface area contributed by atoms with E-state index in [0.717, 1.165) is 0 Å². The van der Waals surface area contributed by atoms with Gasteiger partial charge in [-0.1, -0.05) is 30.3 Å². The van der Waals surface area contributed by atoms with Gasteiger partial charge in [-0.25, -0.2) is 4.79 Å². The maximum atomic E-state index is 13.1. The maximum absolute atomic E-state index is 13.1. The van der Waals surface area contributed by atoms with E-state index in [1.165, 1.54) is 23.6 Å². The summed E-state index contributed by atoms with van der Waals surface area (Å²) in [5, 5.41) is 21.7. The highest BCUT2D eigenvalue weighted by molar-refractivity contribution is 8.01. The van der Waals surface area contributed by atoms with Gasteiger partial charge in [-0.3, -0.25) is 19.8 Å². The van der Waals surface area contributed by atoms with Crippen molar-refractivity contribution < 1.29 is 24.3 Å². The number of amides is 3. The molecule has 0 bridgehead atoms. The molecule has 0 aliphatic carbocycles. The number of thioether (sulfide) groups is 1. The molecular weight excluding hydrogens is 422 g/mol. The van der Waals surface area contributed by atoms with Crippen LogP contribution in [0.15, 0.2) is 30.3 Å². The molecule has 2 unspecified atom stereocenters. The molecule has 2 aliphatic heterocycles. The van der Waals surface area contributed by atoms with Crippen molar-refractivity contribution in [2.24, 2.45) is 11.7 Å². The van der Waals surface area contributed by atoms with Crippen LogP contribution in [-0.2, 0) is 19.2 Å². The number of rotatable bonds is 7. The van der Waals surface area contributed by atoms with Crippen molar-refractivity contribution in [2.75, 3.05) is 0 Å². The minimum absolute atomic E-state index is 0.334. The Bertz CT molecular complexity index is 937. The topological polar surface area (TPSA) is 166 Å². The molecule has 2 aliphatic rings. The third kappa shape index (κ3) is 4.09. The second kappa shape index (κ2) is 8.22. The van der Waals surface area contributed by atoms with E-state index in [1.807, 2.05) is 0 Å². The van der Waals surface area contributed by atoms with Gasteiger partial charge in [-0.05, 0) is 26.3 Å². The van der Waals surface area contributed by atoms with Crippen molar-refractivity contribution in [3.8, 4) is 0 Å². The van der Waals surface area contributed by atoms with Gasteiger partial charge in [-0.2, -0.15) is 0 Å². The number of hydrogen-bond donors (Lipinski definition) is 5. The van der Waals surface area contributed by atoms with E-state index < -0.39 is 57.9 Å². The van der Waals surface area contributed by atoms with E-state index in [2.05, 4.69) is 10.6 Å². The van der Waals surface area contributed by atoms with Gasteiger partial charge in [-0.15, -0.1) is 11.8 Å². The summed E-state index contributed by atoms with van der Waals surface area (Å²) in [4.78, 5) is 51.1. The van der Waals surface area contributed by atoms with Crippen LogP contribution in [0.5, 0.6) is 0 Å². The molecule has 0 radical (unpaired) electrons. The Labute approximate surface area is 183 Å². The molecule has 3 amide bonds. The summed E-state index contributed by atoms with van der Waals surface area (Å²) in [6, 6.07) is 5.51. The van der Waals surface area contributed by atoms with Crippen molar-refractivity contribution in [1.29, 1.82) is 5.41 Å². The Hall–Kier alpha value is -3.08. The van der Waals surface area contributed by atoms with E-state index in [1.54, 1.807) is 44.2 Å². The van der Waals surface area contributed by atoms with Crippen LogP contribution in [0, 0.1) is 11.3 Å². The lowest BCUT2D eigenvalue weighted by atomic mass is 9.95. The lowest BCUT2D eigenvalue weighted by molar-refractivity contribution is -0.161. The molecule has 2 heterocycles. The molecule has 11 heteroatoms. The molecule has 0 saturated carbocycles. The first kappa shape index (κ1) is 22.6. The summed E-state index contributed by atoms with van der Waals surface area (Å²) in [6.45, 7) is 4.95. The number of β-lactam (4-membered cyclic amide) rings is 1. The summed E-state index contributed by atoms with van der Waals surface area (Å²) in [7, 11) is 0. The van der Waals surface area contributed by atoms with E-state index in [9.17, 15) is 24.3 Å². The van der Waals surface area contributed by atoms with Crippen molar-refractivity contribution in [2.45, 2.75) is 49.0 Å². The summed E-state index contributed by atoms with van der Waals surface area (Å²) in [6.07, 6.45) is 0. The quantitative estimate of drug-likeness (QED) is 0.224. The smallest absolute Gasteiger partial charge is 0.327 e. The van der Waals surface area contributed by atoms with Crippen molar-refractivity contribution in [3.05, 3.63) is 35.9 Å². The van der Waals surface area contributed by atoms with E-state index >= 15 is 0 Å². The minimum Gasteiger partial charge on any atom is -0.480 e. The lowest BCUT2D eigenvalue weighted by Crippen LogP contribution is -2.71. The molecule has 1 aromatic carbocycles. The van der Waals surface area contributed by atoms with Crippen LogP contribution in [-0.4, -0.2) is 61.7 Å². The third-order valence-electron chi connectivity index (χ3n) is 5.51. The van der Waals surface area contributed by atoms with Gasteiger partial charge >= 0.3 is 5.97 Å². The molecule has 2 saturated heterocycles. The number of benzene rings is 1. The van der Waals surface area contributed by atoms with Gasteiger partial charge in [0, 0.05) is 4.75 Å². The zero-order chi connectivity index (χ0) is 23.1. The fourth-order valence-corrected chi connectivity index (χ4v) is 5.36. The highest BCUT2D eigenvalue weighted by Gasteiger charge is 2.64. The standard InChI is InChI=1S/C20H25N5O5S/c1-9(14(21)22)15(26)23-11(10-7-5-4-6-8-10)16(27)24-12-17(28)25-13(19(29)30)20(2,3)31-18(12)25/h4-9,11-13,18H,1-3H3,(H3,21,22)(H,23,26)(H,24,27)(H,29,30)/t9?,11?,12-,13+,18-/m1/s1. The first-order valence-corrected chi connectivity index (χ1v) is 10.6. The number of fused-ring (bicyclic) bond motifs is 1. The molecule has 1 aromatic rings. The van der Waals surface area contributed by atoms with Gasteiger partial charge in [0.05, 0.1) is 5.92 Å². The van der Waals surface area contributed by atoms with Crippen molar-refractivity contribution in [1.82, 2.24) is 15.5 Å². The van der Waals surface area contributed by atoms with Gasteiger partial charge in [0.15, 0.2) is 0 Å². The highest BCUT2D eigenvalue weighted by atomic mass is 32.2. The number of aliphatic carboxylic acids is 1. The number of carboxylic acids is 1. The number of hydrogen-bond acceptors (Lipinski definition) is 6. The normalized spacial score (nSPS) is 25.6. The second-order valence-corrected chi connectivity index (χ2v) is 9.88. The highest BCUT2D eigenvalue weighted by Crippen LogP contribution is 2.50. The zero-order valence-electron chi connectivity index (χ0n) is 17.3. The summed E-state index contributed by atoms with van der Waals surface area (Å²) >= 11 is 1.32. The monoisotopic (exact) mass is 447 g/mol. The number of carbonyl (C=O) groups excluding carboxylic acids is 3. The molecule has 31 heavy (non-hydrogen) atoms. The van der Waals surface area contributed by atoms with Crippen molar-refractivity contribution >= 4 is 41.3 Å². The number of nitrogens with one attached hydrogen (secondary N) is 3. The fraction of sp³-hybridized carbons (Fsp3) is 0.450. The lowest BCUT2D eigenvalue weighted by Gasteiger charge is -2.44. The second-order valence-electron chi connectivity index (χ2n) is 8.11. The van der Waals surface area contributed by atoms with Crippen LogP contribution in [0.3, 0.4) is 0 Å². The van der Waals surface area contributed by atoms with Crippen LogP contribution in [0.25, 0.3) is 0 Å². The number of nitrogens with zero attached hydrogens (tertiary/aromatic N) is 1. The molecule has 10 nitrogen and oxygen atoms in total. The predicted octanol–water partition coefficient (Wildman–Crippen LogP) is 0.0477. The third-order valence-corrected chi connectivity index (χ3v) is 7.09. The molecule has 3 rings (SSSR count). The van der Waals surface area contributed by atoms with Gasteiger partial charge < -0.3 is 26.4 Å². The Morgan fingerprint density at radius 2 is 1.84 bits per heavy atom. The van der Waals surface area contributed by atoms with Crippen LogP contribution in [0.4, 0.5) is 0 Å². The Morgan fingerprint density at radius 1 is 1.23 bits per heavy atom. The van der Waals surface area contributed by atoms with Crippen LogP contribution in [0.2, 0.25) is 0 Å². The van der Waals surface area contributed by atoms with Gasteiger partial charge in [0.25, 0.3) is 0 Å². The van der Waals surface area contributed by atoms with E-state index in [0.29, 0.717) is 5.56 Å². The molecule has 6 N–H and O–H groups in total. The van der Waals surface area contributed by atoms with Gasteiger partial charge in [0.2, 0.25) is 17.7 Å². The minimum atomic E-state index is -1.10. The van der Waals surface area contributed by atoms with Crippen LogP contribution >= 0.6 is 11.8 Å². The summed E-state index contributed by atoms with van der Waals surface area (Å²) in [5.41, 5.74) is 5.90. The Balaban J connectivity index is 1.79. The molecule has 5 atom stereocenters. The molecule has 2 fully saturated rings. The Morgan fingerprint density at radius 3 is 2.39 bits per heavy atom. The van der Waals surface area contributed by atoms with Crippen LogP contribution < -0.4 is 16.4 Å². The fourth-order valence-electron chi connectivity index (χ4n) is 3.74. The number of carbonyl (C=O) groups is 4. The number of nitrogens with two attached hydrogens (primary N) is 1. The zero-order valence-corrected chi connectivity index (χ0v) is 18.1. The van der Waals surface area contributed by atoms with Crippen molar-refractivity contribution in [3.63, 3.8) is 0 Å². The molecular formula is C20H25N5O5S. The summed E-state index contributed by atoms with van der Waals surface area (Å²) < 4.78 is -0.713. The number of amidine groups is 1. The average molecular weight is 448 g/mol. The SMILES string of the molecule is CC(C(=N)N)C(=O)NC(C(=O)N[C@@H]1C(=O)N2[C@@H]1SC(C)(C)[C@@H]2C(=O)O)c1ccccc1. The first-order chi connectivity index (χ1) is 14.5.